The van der Waals surface area contributed by atoms with Crippen LogP contribution < -0.4 is 5.32 Å². The van der Waals surface area contributed by atoms with Crippen molar-refractivity contribution < 1.29 is 18.3 Å². The van der Waals surface area contributed by atoms with Crippen LogP contribution in [0.3, 0.4) is 0 Å². The van der Waals surface area contributed by atoms with Crippen molar-refractivity contribution in [3.05, 3.63) is 0 Å². The molecule has 0 aliphatic rings. The Balaban J connectivity index is 3.75. The highest BCUT2D eigenvalue weighted by molar-refractivity contribution is 7.91. The van der Waals surface area contributed by atoms with Crippen LogP contribution in [0.2, 0.25) is 0 Å². The average molecular weight is 223 g/mol. The van der Waals surface area contributed by atoms with Gasteiger partial charge in [0, 0.05) is 19.4 Å². The van der Waals surface area contributed by atoms with E-state index in [4.69, 9.17) is 5.11 Å². The van der Waals surface area contributed by atoms with E-state index in [-0.39, 0.29) is 12.5 Å². The number of carbonyl (C=O) groups is 1. The van der Waals surface area contributed by atoms with Crippen LogP contribution in [-0.2, 0) is 14.6 Å². The summed E-state index contributed by atoms with van der Waals surface area (Å²) in [6, 6.07) is 0. The van der Waals surface area contributed by atoms with Crippen LogP contribution in [-0.4, -0.2) is 44.6 Å². The number of hydrogen-bond donors (Lipinski definition) is 2. The molecule has 0 aromatic rings. The van der Waals surface area contributed by atoms with E-state index in [0.717, 1.165) is 6.26 Å². The van der Waals surface area contributed by atoms with E-state index in [0.29, 0.717) is 13.0 Å². The maximum atomic E-state index is 11.0. The van der Waals surface area contributed by atoms with E-state index in [1.165, 1.54) is 0 Å². The zero-order valence-corrected chi connectivity index (χ0v) is 9.30. The average Bonchev–Trinajstić information content (AvgIpc) is 1.98. The van der Waals surface area contributed by atoms with Gasteiger partial charge in [-0.3, -0.25) is 4.79 Å². The van der Waals surface area contributed by atoms with E-state index in [1.54, 1.807) is 0 Å². The molecule has 0 spiro atoms. The molecule has 0 saturated carbocycles. The van der Waals surface area contributed by atoms with Crippen molar-refractivity contribution in [2.45, 2.75) is 13.3 Å². The molecule has 0 aliphatic heterocycles. The lowest BCUT2D eigenvalue weighted by molar-refractivity contribution is -0.118. The SMILES string of the molecule is CC(CCO)CNC(=O)CS(C)(=O)=O. The molecule has 0 saturated heterocycles. The second-order valence-electron chi connectivity index (χ2n) is 3.49. The number of sulfone groups is 1. The highest BCUT2D eigenvalue weighted by atomic mass is 32.2. The normalized spacial score (nSPS) is 13.6. The van der Waals surface area contributed by atoms with Crippen LogP contribution in [0.5, 0.6) is 0 Å². The van der Waals surface area contributed by atoms with Gasteiger partial charge < -0.3 is 10.4 Å². The number of nitrogens with one attached hydrogen (secondary N) is 1. The molecule has 1 unspecified atom stereocenters. The minimum Gasteiger partial charge on any atom is -0.396 e. The van der Waals surface area contributed by atoms with Crippen molar-refractivity contribution in [3.8, 4) is 0 Å². The molecular weight excluding hydrogens is 206 g/mol. The van der Waals surface area contributed by atoms with Gasteiger partial charge in [0.15, 0.2) is 9.84 Å². The monoisotopic (exact) mass is 223 g/mol. The first-order valence-electron chi connectivity index (χ1n) is 4.40. The molecule has 14 heavy (non-hydrogen) atoms. The number of aliphatic hydroxyl groups excluding tert-OH is 1. The van der Waals surface area contributed by atoms with Crippen molar-refractivity contribution in [2.75, 3.05) is 25.2 Å². The Hall–Kier alpha value is -0.620. The van der Waals surface area contributed by atoms with Gasteiger partial charge in [0.25, 0.3) is 0 Å². The van der Waals surface area contributed by atoms with Gasteiger partial charge in [0.2, 0.25) is 5.91 Å². The van der Waals surface area contributed by atoms with Crippen molar-refractivity contribution >= 4 is 15.7 Å². The number of aliphatic hydroxyl groups is 1. The summed E-state index contributed by atoms with van der Waals surface area (Å²) in [6.45, 7) is 2.34. The summed E-state index contributed by atoms with van der Waals surface area (Å²) < 4.78 is 21.4. The number of amides is 1. The molecule has 0 aliphatic carbocycles. The summed E-state index contributed by atoms with van der Waals surface area (Å²) in [6.07, 6.45) is 1.61. The fourth-order valence-electron chi connectivity index (χ4n) is 0.900. The molecule has 0 bridgehead atoms. The standard InChI is InChI=1S/C8H17NO4S/c1-7(3-4-10)5-9-8(11)6-14(2,12)13/h7,10H,3-6H2,1-2H3,(H,9,11). The highest BCUT2D eigenvalue weighted by Gasteiger charge is 2.11. The molecule has 5 nitrogen and oxygen atoms in total. The van der Waals surface area contributed by atoms with Crippen LogP contribution in [0, 0.1) is 5.92 Å². The van der Waals surface area contributed by atoms with Gasteiger partial charge in [-0.25, -0.2) is 8.42 Å². The Morgan fingerprint density at radius 2 is 2.07 bits per heavy atom. The minimum absolute atomic E-state index is 0.0725. The van der Waals surface area contributed by atoms with E-state index >= 15 is 0 Å². The van der Waals surface area contributed by atoms with Gasteiger partial charge in [-0.2, -0.15) is 0 Å². The smallest absolute Gasteiger partial charge is 0.235 e. The fourth-order valence-corrected chi connectivity index (χ4v) is 1.48. The first-order valence-corrected chi connectivity index (χ1v) is 6.46. The Labute approximate surface area is 84.4 Å². The maximum Gasteiger partial charge on any atom is 0.235 e. The fraction of sp³-hybridized carbons (Fsp3) is 0.875. The van der Waals surface area contributed by atoms with Crippen LogP contribution in [0.1, 0.15) is 13.3 Å². The Bertz CT molecular complexity index is 273. The van der Waals surface area contributed by atoms with Crippen molar-refractivity contribution in [3.63, 3.8) is 0 Å². The van der Waals surface area contributed by atoms with Crippen LogP contribution in [0.15, 0.2) is 0 Å². The Morgan fingerprint density at radius 3 is 2.50 bits per heavy atom. The summed E-state index contributed by atoms with van der Waals surface area (Å²) in [5.41, 5.74) is 0. The summed E-state index contributed by atoms with van der Waals surface area (Å²) >= 11 is 0. The summed E-state index contributed by atoms with van der Waals surface area (Å²) in [5.74, 6) is -0.806. The quantitative estimate of drug-likeness (QED) is 0.615. The lowest BCUT2D eigenvalue weighted by atomic mass is 10.1. The van der Waals surface area contributed by atoms with E-state index < -0.39 is 21.5 Å². The van der Waals surface area contributed by atoms with Gasteiger partial charge in [0.1, 0.15) is 5.75 Å². The van der Waals surface area contributed by atoms with Gasteiger partial charge in [-0.1, -0.05) is 6.92 Å². The van der Waals surface area contributed by atoms with Gasteiger partial charge in [-0.05, 0) is 12.3 Å². The van der Waals surface area contributed by atoms with Crippen molar-refractivity contribution in [1.82, 2.24) is 5.32 Å². The molecule has 0 heterocycles. The first kappa shape index (κ1) is 13.4. The molecule has 0 aromatic carbocycles. The van der Waals surface area contributed by atoms with Crippen molar-refractivity contribution in [1.29, 1.82) is 0 Å². The Morgan fingerprint density at radius 1 is 1.50 bits per heavy atom. The topological polar surface area (TPSA) is 83.5 Å². The van der Waals surface area contributed by atoms with E-state index in [1.807, 2.05) is 6.92 Å². The molecule has 6 heteroatoms. The number of carbonyl (C=O) groups excluding carboxylic acids is 1. The molecular formula is C8H17NO4S. The molecule has 1 atom stereocenters. The second kappa shape index (κ2) is 5.98. The number of hydrogen-bond acceptors (Lipinski definition) is 4. The van der Waals surface area contributed by atoms with Crippen molar-refractivity contribution in [2.24, 2.45) is 5.92 Å². The predicted molar refractivity (Wildman–Crippen MR) is 53.6 cm³/mol. The predicted octanol–water partition coefficient (Wildman–Crippen LogP) is -0.834. The van der Waals surface area contributed by atoms with Gasteiger partial charge in [-0.15, -0.1) is 0 Å². The summed E-state index contributed by atoms with van der Waals surface area (Å²) in [4.78, 5) is 11.0. The van der Waals surface area contributed by atoms with E-state index in [9.17, 15) is 13.2 Å². The van der Waals surface area contributed by atoms with Gasteiger partial charge >= 0.3 is 0 Å². The maximum absolute atomic E-state index is 11.0. The van der Waals surface area contributed by atoms with Gasteiger partial charge in [0.05, 0.1) is 0 Å². The third kappa shape index (κ3) is 8.00. The molecule has 2 N–H and O–H groups in total. The third-order valence-corrected chi connectivity index (χ3v) is 2.45. The molecule has 0 radical (unpaired) electrons. The molecule has 84 valence electrons. The zero-order chi connectivity index (χ0) is 11.2. The minimum atomic E-state index is -3.24. The highest BCUT2D eigenvalue weighted by Crippen LogP contribution is 1.97. The molecule has 0 fully saturated rings. The Kier molecular flexibility index (Phi) is 5.71. The van der Waals surface area contributed by atoms with Crippen LogP contribution >= 0.6 is 0 Å². The second-order valence-corrected chi connectivity index (χ2v) is 5.63. The molecule has 0 aromatic heterocycles. The summed E-state index contributed by atoms with van der Waals surface area (Å²) in [5, 5.41) is 11.1. The third-order valence-electron chi connectivity index (χ3n) is 1.66. The van der Waals surface area contributed by atoms with Crippen LogP contribution in [0.4, 0.5) is 0 Å². The first-order chi connectivity index (χ1) is 6.35. The van der Waals surface area contributed by atoms with E-state index in [2.05, 4.69) is 5.32 Å². The molecule has 1 amide bonds. The lowest BCUT2D eigenvalue weighted by Gasteiger charge is -2.10. The molecule has 0 rings (SSSR count). The lowest BCUT2D eigenvalue weighted by Crippen LogP contribution is -2.33. The summed E-state index contributed by atoms with van der Waals surface area (Å²) in [7, 11) is -3.24. The van der Waals surface area contributed by atoms with Crippen LogP contribution in [0.25, 0.3) is 0 Å². The zero-order valence-electron chi connectivity index (χ0n) is 8.49. The number of rotatable bonds is 6. The largest absolute Gasteiger partial charge is 0.396 e.